The molecule has 0 bridgehead atoms. The van der Waals surface area contributed by atoms with E-state index in [1.807, 2.05) is 37.3 Å². The van der Waals surface area contributed by atoms with E-state index in [1.165, 1.54) is 28.2 Å². The number of hydrogen-bond donors (Lipinski definition) is 0. The number of thiazole rings is 1. The predicted molar refractivity (Wildman–Crippen MR) is 148 cm³/mol. The van der Waals surface area contributed by atoms with Crippen LogP contribution in [-0.2, 0) is 9.53 Å². The summed E-state index contributed by atoms with van der Waals surface area (Å²) in [6, 6.07) is 16.8. The summed E-state index contributed by atoms with van der Waals surface area (Å²) in [4.78, 5) is 44.2. The van der Waals surface area contributed by atoms with Crippen molar-refractivity contribution in [1.29, 1.82) is 0 Å². The van der Waals surface area contributed by atoms with Gasteiger partial charge in [-0.15, -0.1) is 0 Å². The van der Waals surface area contributed by atoms with Gasteiger partial charge in [-0.2, -0.15) is 0 Å². The third kappa shape index (κ3) is 5.26. The molecule has 0 saturated carbocycles. The molecule has 5 rings (SSSR count). The van der Waals surface area contributed by atoms with Crippen LogP contribution in [0.15, 0.2) is 92.4 Å². The Balaban J connectivity index is 1.58. The number of fused-ring (bicyclic) bond motifs is 1. The molecule has 2 aromatic carbocycles. The third-order valence-electron chi connectivity index (χ3n) is 6.12. The number of nitrogens with zero attached hydrogens (tertiary/aromatic N) is 2. The minimum absolute atomic E-state index is 0.0677. The monoisotopic (exact) mass is 558 g/mol. The molecule has 1 atom stereocenters. The summed E-state index contributed by atoms with van der Waals surface area (Å²) in [6.07, 6.45) is 3.11. The van der Waals surface area contributed by atoms with Gasteiger partial charge in [0.05, 0.1) is 41.3 Å². The first kappa shape index (κ1) is 26.9. The summed E-state index contributed by atoms with van der Waals surface area (Å²) in [5.74, 6) is -0.529. The number of allylic oxidation sites excluding steroid dienone is 1. The van der Waals surface area contributed by atoms with Crippen LogP contribution in [0.3, 0.4) is 0 Å². The predicted octanol–water partition coefficient (Wildman–Crippen LogP) is 4.01. The first-order valence-electron chi connectivity index (χ1n) is 12.7. The molecule has 1 aliphatic heterocycles. The maximum atomic E-state index is 13.8. The zero-order valence-corrected chi connectivity index (χ0v) is 22.9. The molecule has 0 radical (unpaired) electrons. The number of carbonyl (C=O) groups is 2. The van der Waals surface area contributed by atoms with Crippen LogP contribution in [0.4, 0.5) is 0 Å². The van der Waals surface area contributed by atoms with Crippen LogP contribution >= 0.6 is 11.3 Å². The quantitative estimate of drug-likeness (QED) is 0.237. The van der Waals surface area contributed by atoms with Gasteiger partial charge in [0.1, 0.15) is 0 Å². The van der Waals surface area contributed by atoms with Gasteiger partial charge in [-0.25, -0.2) is 14.6 Å². The van der Waals surface area contributed by atoms with Crippen molar-refractivity contribution in [2.24, 2.45) is 4.99 Å². The van der Waals surface area contributed by atoms with E-state index in [4.69, 9.17) is 18.6 Å². The molecule has 2 aromatic heterocycles. The number of carbonyl (C=O) groups excluding carboxylic acids is 2. The minimum Gasteiger partial charge on any atom is -0.490 e. The average Bonchev–Trinajstić information content (AvgIpc) is 3.59. The maximum Gasteiger partial charge on any atom is 0.379 e. The van der Waals surface area contributed by atoms with Crippen molar-refractivity contribution in [2.75, 3.05) is 13.2 Å². The standard InChI is InChI=1S/C30H26N2O7S/c1-4-36-23-16-19(13-14-21(23)39-28(34)22-12-9-15-38-22)17-24-27(33)32-26(20-10-7-6-8-11-20)25(29(35)37-5-2)18(3)31-30(32)40-24/h6-17,26H,4-5H2,1-3H3/b24-17+/t26-/m1/s1. The fraction of sp³-hybridized carbons (Fsp3) is 0.200. The van der Waals surface area contributed by atoms with E-state index in [0.29, 0.717) is 38.5 Å². The molecule has 1 aliphatic rings. The molecule has 0 aliphatic carbocycles. The zero-order valence-electron chi connectivity index (χ0n) is 22.1. The van der Waals surface area contributed by atoms with Crippen LogP contribution in [0.25, 0.3) is 6.08 Å². The Labute approximate surface area is 233 Å². The lowest BCUT2D eigenvalue weighted by molar-refractivity contribution is -0.139. The Morgan fingerprint density at radius 3 is 2.52 bits per heavy atom. The number of benzene rings is 2. The molecular weight excluding hydrogens is 532 g/mol. The van der Waals surface area contributed by atoms with Gasteiger partial charge < -0.3 is 18.6 Å². The Hall–Kier alpha value is -4.70. The third-order valence-corrected chi connectivity index (χ3v) is 7.11. The molecule has 40 heavy (non-hydrogen) atoms. The summed E-state index contributed by atoms with van der Waals surface area (Å²) < 4.78 is 23.6. The van der Waals surface area contributed by atoms with Gasteiger partial charge >= 0.3 is 11.9 Å². The highest BCUT2D eigenvalue weighted by atomic mass is 32.1. The maximum absolute atomic E-state index is 13.8. The van der Waals surface area contributed by atoms with Gasteiger partial charge in [-0.3, -0.25) is 9.36 Å². The van der Waals surface area contributed by atoms with Gasteiger partial charge in [0.25, 0.3) is 5.56 Å². The van der Waals surface area contributed by atoms with Crippen molar-refractivity contribution in [2.45, 2.75) is 26.8 Å². The number of esters is 2. The topological polar surface area (TPSA) is 109 Å². The first-order valence-corrected chi connectivity index (χ1v) is 13.5. The number of ether oxygens (including phenoxy) is 3. The van der Waals surface area contributed by atoms with E-state index in [2.05, 4.69) is 4.99 Å². The van der Waals surface area contributed by atoms with Crippen molar-refractivity contribution in [3.8, 4) is 11.5 Å². The summed E-state index contributed by atoms with van der Waals surface area (Å²) in [5, 5.41) is 0. The van der Waals surface area contributed by atoms with Crippen LogP contribution in [-0.4, -0.2) is 29.7 Å². The molecule has 0 amide bonds. The lowest BCUT2D eigenvalue weighted by Gasteiger charge is -2.24. The van der Waals surface area contributed by atoms with E-state index < -0.39 is 18.0 Å². The Bertz CT molecular complexity index is 1770. The molecule has 0 spiro atoms. The summed E-state index contributed by atoms with van der Waals surface area (Å²) in [5.41, 5.74) is 1.96. The Kier molecular flexibility index (Phi) is 7.79. The van der Waals surface area contributed by atoms with Crippen molar-refractivity contribution in [1.82, 2.24) is 4.57 Å². The molecule has 0 unspecified atom stereocenters. The SMILES string of the molecule is CCOC(=O)C1=C(C)N=c2s/c(=C/c3ccc(OC(=O)c4ccco4)c(OCC)c3)c(=O)n2[C@@H]1c1ccccc1. The summed E-state index contributed by atoms with van der Waals surface area (Å²) >= 11 is 1.22. The van der Waals surface area contributed by atoms with Crippen molar-refractivity contribution in [3.63, 3.8) is 0 Å². The summed E-state index contributed by atoms with van der Waals surface area (Å²) in [7, 11) is 0. The number of rotatable bonds is 8. The van der Waals surface area contributed by atoms with Crippen LogP contribution in [0, 0.1) is 0 Å². The normalized spacial score (nSPS) is 14.9. The van der Waals surface area contributed by atoms with Crippen molar-refractivity contribution < 1.29 is 28.2 Å². The van der Waals surface area contributed by atoms with Crippen LogP contribution in [0.1, 0.15) is 48.5 Å². The number of furan rings is 1. The molecule has 0 saturated heterocycles. The van der Waals surface area contributed by atoms with Gasteiger partial charge in [0.15, 0.2) is 16.3 Å². The lowest BCUT2D eigenvalue weighted by atomic mass is 9.96. The molecule has 0 N–H and O–H groups in total. The van der Waals surface area contributed by atoms with Crippen LogP contribution < -0.4 is 24.4 Å². The van der Waals surface area contributed by atoms with Gasteiger partial charge in [0.2, 0.25) is 5.76 Å². The van der Waals surface area contributed by atoms with E-state index in [0.717, 1.165) is 5.56 Å². The summed E-state index contributed by atoms with van der Waals surface area (Å²) in [6.45, 7) is 5.84. The highest BCUT2D eigenvalue weighted by Gasteiger charge is 2.33. The van der Waals surface area contributed by atoms with E-state index in [-0.39, 0.29) is 23.7 Å². The highest BCUT2D eigenvalue weighted by Crippen LogP contribution is 2.31. The second kappa shape index (κ2) is 11.6. The Morgan fingerprint density at radius 1 is 1.02 bits per heavy atom. The second-order valence-electron chi connectivity index (χ2n) is 8.72. The van der Waals surface area contributed by atoms with E-state index in [9.17, 15) is 14.4 Å². The smallest absolute Gasteiger partial charge is 0.379 e. The molecule has 4 aromatic rings. The molecule has 3 heterocycles. The average molecular weight is 559 g/mol. The number of hydrogen-bond acceptors (Lipinski definition) is 9. The van der Waals surface area contributed by atoms with Gasteiger partial charge in [-0.05, 0) is 62.2 Å². The van der Waals surface area contributed by atoms with Crippen LogP contribution in [0.5, 0.6) is 11.5 Å². The van der Waals surface area contributed by atoms with Gasteiger partial charge in [-0.1, -0.05) is 47.7 Å². The fourth-order valence-corrected chi connectivity index (χ4v) is 5.45. The van der Waals surface area contributed by atoms with Crippen LogP contribution in [0.2, 0.25) is 0 Å². The molecule has 204 valence electrons. The lowest BCUT2D eigenvalue weighted by Crippen LogP contribution is -2.39. The van der Waals surface area contributed by atoms with Gasteiger partial charge in [0, 0.05) is 0 Å². The number of aromatic nitrogens is 1. The largest absolute Gasteiger partial charge is 0.490 e. The van der Waals surface area contributed by atoms with E-state index >= 15 is 0 Å². The fourth-order valence-electron chi connectivity index (χ4n) is 4.41. The van der Waals surface area contributed by atoms with Crippen molar-refractivity contribution in [3.05, 3.63) is 115 Å². The first-order chi connectivity index (χ1) is 19.4. The minimum atomic E-state index is -0.680. The molecule has 10 heteroatoms. The Morgan fingerprint density at radius 2 is 1.82 bits per heavy atom. The zero-order chi connectivity index (χ0) is 28.2. The molecule has 9 nitrogen and oxygen atoms in total. The second-order valence-corrected chi connectivity index (χ2v) is 9.73. The highest BCUT2D eigenvalue weighted by molar-refractivity contribution is 7.07. The van der Waals surface area contributed by atoms with E-state index in [1.54, 1.807) is 44.2 Å². The van der Waals surface area contributed by atoms with Crippen molar-refractivity contribution >= 4 is 29.4 Å². The molecular formula is C30H26N2O7S. The molecule has 0 fully saturated rings.